The van der Waals surface area contributed by atoms with Crippen LogP contribution in [-0.2, 0) is 4.84 Å². The zero-order valence-corrected chi connectivity index (χ0v) is 4.76. The SMILES string of the molecule is CC(C)=NOC([NH])=O. The van der Waals surface area contributed by atoms with Crippen molar-refractivity contribution in [3.05, 3.63) is 0 Å². The third kappa shape index (κ3) is 4.94. The van der Waals surface area contributed by atoms with Crippen molar-refractivity contribution in [3.63, 3.8) is 0 Å². The van der Waals surface area contributed by atoms with Crippen LogP contribution >= 0.6 is 0 Å². The number of rotatable bonds is 1. The number of hydrogen-bond donors (Lipinski definition) is 0. The summed E-state index contributed by atoms with van der Waals surface area (Å²) in [5.74, 6) is 0. The molecule has 0 atom stereocenters. The van der Waals surface area contributed by atoms with E-state index in [4.69, 9.17) is 5.73 Å². The predicted molar refractivity (Wildman–Crippen MR) is 28.4 cm³/mol. The molecule has 0 spiro atoms. The Bertz CT molecular complexity index is 115. The lowest BCUT2D eigenvalue weighted by atomic mass is 10.5. The highest BCUT2D eigenvalue weighted by atomic mass is 16.7. The Labute approximate surface area is 47.3 Å². The minimum absolute atomic E-state index is 0.616. The summed E-state index contributed by atoms with van der Waals surface area (Å²) in [6.07, 6.45) is -1.13. The van der Waals surface area contributed by atoms with Gasteiger partial charge in [0.2, 0.25) is 0 Å². The lowest BCUT2D eigenvalue weighted by molar-refractivity contribution is 0.159. The van der Waals surface area contributed by atoms with E-state index >= 15 is 0 Å². The third-order valence-corrected chi connectivity index (χ3v) is 0.311. The summed E-state index contributed by atoms with van der Waals surface area (Å²) >= 11 is 0. The highest BCUT2D eigenvalue weighted by molar-refractivity contribution is 5.79. The molecule has 0 bridgehead atoms. The number of amides is 1. The van der Waals surface area contributed by atoms with E-state index in [1.807, 2.05) is 0 Å². The van der Waals surface area contributed by atoms with Crippen LogP contribution in [0.15, 0.2) is 5.16 Å². The van der Waals surface area contributed by atoms with Crippen LogP contribution < -0.4 is 5.73 Å². The van der Waals surface area contributed by atoms with Crippen LogP contribution in [0, 0.1) is 0 Å². The summed E-state index contributed by atoms with van der Waals surface area (Å²) < 4.78 is 0. The van der Waals surface area contributed by atoms with Crippen molar-refractivity contribution in [2.75, 3.05) is 0 Å². The average Bonchev–Trinajstić information content (AvgIpc) is 1.61. The molecule has 0 unspecified atom stereocenters. The second-order valence-corrected chi connectivity index (χ2v) is 1.42. The Morgan fingerprint density at radius 1 is 1.62 bits per heavy atom. The highest BCUT2D eigenvalue weighted by Crippen LogP contribution is 1.78. The Hall–Kier alpha value is -1.06. The van der Waals surface area contributed by atoms with Crippen molar-refractivity contribution in [1.82, 2.24) is 5.73 Å². The first-order chi connectivity index (χ1) is 3.63. The first kappa shape index (κ1) is 6.94. The van der Waals surface area contributed by atoms with Crippen molar-refractivity contribution < 1.29 is 9.63 Å². The van der Waals surface area contributed by atoms with Crippen molar-refractivity contribution in [2.24, 2.45) is 5.16 Å². The van der Waals surface area contributed by atoms with Gasteiger partial charge in [0.1, 0.15) is 0 Å². The molecule has 1 N–H and O–H groups in total. The second kappa shape index (κ2) is 3.01. The van der Waals surface area contributed by atoms with E-state index in [-0.39, 0.29) is 0 Å². The van der Waals surface area contributed by atoms with Crippen molar-refractivity contribution in [1.29, 1.82) is 0 Å². The zero-order chi connectivity index (χ0) is 6.57. The fraction of sp³-hybridized carbons (Fsp3) is 0.500. The number of carbonyl (C=O) groups excluding carboxylic acids is 1. The molecule has 0 rings (SSSR count). The van der Waals surface area contributed by atoms with Crippen LogP contribution in [-0.4, -0.2) is 11.8 Å². The molecule has 0 aliphatic heterocycles. The van der Waals surface area contributed by atoms with Gasteiger partial charge in [0.15, 0.2) is 0 Å². The highest BCUT2D eigenvalue weighted by Gasteiger charge is 1.88. The van der Waals surface area contributed by atoms with Gasteiger partial charge < -0.3 is 0 Å². The minimum atomic E-state index is -1.13. The zero-order valence-electron chi connectivity index (χ0n) is 4.76. The maximum absolute atomic E-state index is 9.69. The molecule has 1 amide bonds. The Morgan fingerprint density at radius 2 is 2.12 bits per heavy atom. The number of nitrogens with one attached hydrogen (secondary N) is 1. The fourth-order valence-corrected chi connectivity index (χ4v) is 0.133. The van der Waals surface area contributed by atoms with Crippen LogP contribution in [0.2, 0.25) is 0 Å². The normalized spacial score (nSPS) is 7.75. The van der Waals surface area contributed by atoms with Gasteiger partial charge in [-0.05, 0) is 13.8 Å². The van der Waals surface area contributed by atoms with Gasteiger partial charge in [-0.15, -0.1) is 0 Å². The summed E-state index contributed by atoms with van der Waals surface area (Å²) in [6.45, 7) is 3.34. The molecule has 0 fully saturated rings. The molecular formula is C4H7N2O2. The van der Waals surface area contributed by atoms with E-state index < -0.39 is 6.09 Å². The molecule has 0 aromatic carbocycles. The molecule has 0 saturated carbocycles. The Morgan fingerprint density at radius 3 is 2.25 bits per heavy atom. The van der Waals surface area contributed by atoms with E-state index in [1.54, 1.807) is 13.8 Å². The number of oxime groups is 1. The van der Waals surface area contributed by atoms with Gasteiger partial charge in [-0.3, -0.25) is 4.84 Å². The van der Waals surface area contributed by atoms with E-state index in [9.17, 15) is 4.79 Å². The summed E-state index contributed by atoms with van der Waals surface area (Å²) in [7, 11) is 0. The molecule has 1 radical (unpaired) electrons. The molecule has 4 heteroatoms. The number of nitrogens with zero attached hydrogens (tertiary/aromatic N) is 1. The standard InChI is InChI=1S/C4H7N2O2/c1-3(2)6-8-4(5)7/h5H,1-2H3. The maximum Gasteiger partial charge on any atom is 0.452 e. The van der Waals surface area contributed by atoms with Gasteiger partial charge in [-0.25, -0.2) is 10.5 Å². The van der Waals surface area contributed by atoms with E-state index in [1.165, 1.54) is 0 Å². The van der Waals surface area contributed by atoms with Gasteiger partial charge in [-0.2, -0.15) is 0 Å². The van der Waals surface area contributed by atoms with Crippen LogP contribution in [0.4, 0.5) is 4.79 Å². The van der Waals surface area contributed by atoms with Gasteiger partial charge >= 0.3 is 6.09 Å². The third-order valence-electron chi connectivity index (χ3n) is 0.311. The van der Waals surface area contributed by atoms with Crippen molar-refractivity contribution in [2.45, 2.75) is 13.8 Å². The largest absolute Gasteiger partial charge is 0.452 e. The maximum atomic E-state index is 9.69. The summed E-state index contributed by atoms with van der Waals surface area (Å²) in [4.78, 5) is 13.6. The molecule has 45 valence electrons. The first-order valence-corrected chi connectivity index (χ1v) is 2.06. The Kier molecular flexibility index (Phi) is 2.61. The Balaban J connectivity index is 3.45. The minimum Gasteiger partial charge on any atom is -0.297 e. The number of hydrogen-bond acceptors (Lipinski definition) is 3. The lowest BCUT2D eigenvalue weighted by Crippen LogP contribution is -1.97. The average molecular weight is 115 g/mol. The van der Waals surface area contributed by atoms with Gasteiger partial charge in [-0.1, -0.05) is 5.16 Å². The topological polar surface area (TPSA) is 62.5 Å². The molecular weight excluding hydrogens is 108 g/mol. The fourth-order valence-electron chi connectivity index (χ4n) is 0.133. The van der Waals surface area contributed by atoms with Gasteiger partial charge in [0.25, 0.3) is 0 Å². The first-order valence-electron chi connectivity index (χ1n) is 2.06. The lowest BCUT2D eigenvalue weighted by Gasteiger charge is -1.86. The molecule has 0 aliphatic carbocycles. The van der Waals surface area contributed by atoms with Crippen molar-refractivity contribution >= 4 is 11.8 Å². The molecule has 0 saturated heterocycles. The summed E-state index contributed by atoms with van der Waals surface area (Å²) in [5, 5.41) is 3.20. The van der Waals surface area contributed by atoms with Gasteiger partial charge in [0, 0.05) is 0 Å². The molecule has 0 heterocycles. The molecule has 0 aliphatic rings. The van der Waals surface area contributed by atoms with E-state index in [2.05, 4.69) is 9.99 Å². The van der Waals surface area contributed by atoms with Crippen molar-refractivity contribution in [3.8, 4) is 0 Å². The van der Waals surface area contributed by atoms with E-state index in [0.29, 0.717) is 5.71 Å². The molecule has 4 nitrogen and oxygen atoms in total. The van der Waals surface area contributed by atoms with E-state index in [0.717, 1.165) is 0 Å². The number of carbonyl (C=O) groups is 1. The smallest absolute Gasteiger partial charge is 0.297 e. The summed E-state index contributed by atoms with van der Waals surface area (Å²) in [6, 6.07) is 0. The van der Waals surface area contributed by atoms with Crippen LogP contribution in [0.5, 0.6) is 0 Å². The molecule has 8 heavy (non-hydrogen) atoms. The summed E-state index contributed by atoms with van der Waals surface area (Å²) in [5.41, 5.74) is 6.82. The predicted octanol–water partition coefficient (Wildman–Crippen LogP) is 0.802. The second-order valence-electron chi connectivity index (χ2n) is 1.42. The monoisotopic (exact) mass is 115 g/mol. The van der Waals surface area contributed by atoms with Crippen LogP contribution in [0.1, 0.15) is 13.8 Å². The van der Waals surface area contributed by atoms with Crippen LogP contribution in [0.3, 0.4) is 0 Å². The molecule has 0 aromatic rings. The van der Waals surface area contributed by atoms with Gasteiger partial charge in [0.05, 0.1) is 5.71 Å². The quantitative estimate of drug-likeness (QED) is 0.288. The van der Waals surface area contributed by atoms with Crippen LogP contribution in [0.25, 0.3) is 0 Å². The molecule has 0 aromatic heterocycles.